The summed E-state index contributed by atoms with van der Waals surface area (Å²) < 4.78 is 1.46. The minimum Gasteiger partial charge on any atom is -0.382 e. The van der Waals surface area contributed by atoms with Crippen LogP contribution in [0.5, 0.6) is 0 Å². The van der Waals surface area contributed by atoms with Crippen molar-refractivity contribution in [2.75, 3.05) is 0 Å². The van der Waals surface area contributed by atoms with Crippen LogP contribution in [0.4, 0.5) is 0 Å². The maximum atomic E-state index is 7.46. The Balaban J connectivity index is 0.000000225. The van der Waals surface area contributed by atoms with E-state index >= 15 is 0 Å². The number of nitrogens with one attached hydrogen (secondary N) is 2. The third-order valence-electron chi connectivity index (χ3n) is 2.89. The van der Waals surface area contributed by atoms with E-state index in [-0.39, 0.29) is 11.8 Å². The summed E-state index contributed by atoms with van der Waals surface area (Å²) in [7, 11) is 0. The van der Waals surface area contributed by atoms with Gasteiger partial charge in [0, 0.05) is 5.39 Å². The molecule has 5 heteroatoms. The predicted octanol–water partition coefficient (Wildman–Crippen LogP) is 2.35. The van der Waals surface area contributed by atoms with Crippen LogP contribution in [0.15, 0.2) is 66.7 Å². The van der Waals surface area contributed by atoms with Crippen LogP contribution in [-0.4, -0.2) is 16.4 Å². The number of amidine groups is 1. The molecule has 6 N–H and O–H groups in total. The highest BCUT2D eigenvalue weighted by Crippen LogP contribution is 2.18. The summed E-state index contributed by atoms with van der Waals surface area (Å²) in [4.78, 5) is 0. The van der Waals surface area contributed by atoms with Crippen molar-refractivity contribution in [3.05, 3.63) is 72.4 Å². The van der Waals surface area contributed by atoms with E-state index in [1.807, 2.05) is 60.7 Å². The number of nitrogens with zero attached hydrogens (tertiary/aromatic N) is 1. The van der Waals surface area contributed by atoms with E-state index in [1.165, 1.54) is 4.57 Å². The van der Waals surface area contributed by atoms with Gasteiger partial charge in [-0.25, -0.2) is 0 Å². The van der Waals surface area contributed by atoms with Gasteiger partial charge < -0.3 is 11.5 Å². The maximum Gasteiger partial charge on any atom is 0.197 e. The Morgan fingerprint density at radius 2 is 1.33 bits per heavy atom. The Bertz CT molecular complexity index is 732. The largest absolute Gasteiger partial charge is 0.382 e. The summed E-state index contributed by atoms with van der Waals surface area (Å²) in [6.45, 7) is 0. The van der Waals surface area contributed by atoms with Gasteiger partial charge in [-0.1, -0.05) is 54.6 Å². The van der Waals surface area contributed by atoms with Gasteiger partial charge >= 0.3 is 0 Å². The second-order valence-corrected chi connectivity index (χ2v) is 4.38. The molecule has 0 saturated heterocycles. The molecule has 5 nitrogen and oxygen atoms in total. The van der Waals surface area contributed by atoms with E-state index < -0.39 is 0 Å². The molecule has 2 aromatic carbocycles. The fraction of sp³-hybridized carbons (Fsp3) is 0. The molecule has 0 unspecified atom stereocenters. The summed E-state index contributed by atoms with van der Waals surface area (Å²) in [5.41, 5.74) is 12.1. The van der Waals surface area contributed by atoms with Crippen LogP contribution < -0.4 is 11.5 Å². The van der Waals surface area contributed by atoms with Gasteiger partial charge in [0.05, 0.1) is 11.2 Å². The van der Waals surface area contributed by atoms with Gasteiger partial charge in [0.15, 0.2) is 5.96 Å². The minimum atomic E-state index is -0.138. The Labute approximate surface area is 122 Å². The van der Waals surface area contributed by atoms with Crippen LogP contribution in [0.2, 0.25) is 0 Å². The van der Waals surface area contributed by atoms with Crippen molar-refractivity contribution in [1.82, 2.24) is 4.57 Å². The Morgan fingerprint density at radius 3 is 1.81 bits per heavy atom. The minimum absolute atomic E-state index is 0.0959. The molecule has 0 spiro atoms. The molecule has 0 bridgehead atoms. The lowest BCUT2D eigenvalue weighted by molar-refractivity contribution is 1.12. The normalized spacial score (nSPS) is 9.71. The van der Waals surface area contributed by atoms with Gasteiger partial charge in [-0.05, 0) is 12.1 Å². The first-order chi connectivity index (χ1) is 10.1. The number of benzene rings is 2. The van der Waals surface area contributed by atoms with Crippen LogP contribution in [0.3, 0.4) is 0 Å². The highest BCUT2D eigenvalue weighted by molar-refractivity contribution is 6.05. The van der Waals surface area contributed by atoms with Gasteiger partial charge in [-0.15, -0.1) is 0 Å². The molecule has 0 aliphatic rings. The highest BCUT2D eigenvalue weighted by Gasteiger charge is 2.11. The molecule has 0 fully saturated rings. The van der Waals surface area contributed by atoms with E-state index in [0.29, 0.717) is 5.69 Å². The number of hydrogen-bond acceptors (Lipinski definition) is 2. The Kier molecular flexibility index (Phi) is 4.36. The molecule has 0 radical (unpaired) electrons. The third-order valence-corrected chi connectivity index (χ3v) is 2.89. The van der Waals surface area contributed by atoms with E-state index in [9.17, 15) is 0 Å². The second kappa shape index (κ2) is 6.38. The third kappa shape index (κ3) is 3.27. The van der Waals surface area contributed by atoms with E-state index in [2.05, 4.69) is 0 Å². The van der Waals surface area contributed by atoms with Crippen LogP contribution in [0.25, 0.3) is 10.9 Å². The first-order valence-electron chi connectivity index (χ1n) is 6.40. The van der Waals surface area contributed by atoms with Crippen molar-refractivity contribution < 1.29 is 0 Å². The van der Waals surface area contributed by atoms with Gasteiger partial charge in [0.2, 0.25) is 0 Å². The summed E-state index contributed by atoms with van der Waals surface area (Å²) in [6, 6.07) is 21.2. The Hall–Kier alpha value is -3.08. The van der Waals surface area contributed by atoms with E-state index in [4.69, 9.17) is 22.3 Å². The Morgan fingerprint density at radius 1 is 0.810 bits per heavy atom. The van der Waals surface area contributed by atoms with Crippen molar-refractivity contribution >= 4 is 22.7 Å². The lowest BCUT2D eigenvalue weighted by Crippen LogP contribution is -2.26. The molecule has 0 saturated carbocycles. The highest BCUT2D eigenvalue weighted by atomic mass is 15.1. The number of aromatic nitrogens is 1. The molecule has 1 aromatic heterocycles. The quantitative estimate of drug-likeness (QED) is 0.405. The molecular weight excluding hydrogens is 262 g/mol. The predicted molar refractivity (Wildman–Crippen MR) is 86.7 cm³/mol. The average Bonchev–Trinajstić information content (AvgIpc) is 2.89. The van der Waals surface area contributed by atoms with Gasteiger partial charge in [-0.2, -0.15) is 0 Å². The summed E-state index contributed by atoms with van der Waals surface area (Å²) in [6.07, 6.45) is 0. The maximum absolute atomic E-state index is 7.46. The zero-order chi connectivity index (χ0) is 15.2. The topological polar surface area (TPSA) is 105 Å². The zero-order valence-corrected chi connectivity index (χ0v) is 11.5. The van der Waals surface area contributed by atoms with E-state index in [0.717, 1.165) is 10.9 Å². The lowest BCUT2D eigenvalue weighted by atomic mass is 10.2. The SMILES string of the molecule is N=C(N)c1cc2ccccc2n1C(=N)N.c1ccccc1. The van der Waals surface area contributed by atoms with E-state index in [1.54, 1.807) is 6.07 Å². The van der Waals surface area contributed by atoms with Crippen LogP contribution >= 0.6 is 0 Å². The van der Waals surface area contributed by atoms with Crippen molar-refractivity contribution in [3.8, 4) is 0 Å². The number of fused-ring (bicyclic) bond motifs is 1. The number of nitrogen functional groups attached to an aromatic ring is 2. The van der Waals surface area contributed by atoms with Crippen molar-refractivity contribution in [2.45, 2.75) is 0 Å². The average molecular weight is 279 g/mol. The van der Waals surface area contributed by atoms with Gasteiger partial charge in [-0.3, -0.25) is 15.4 Å². The molecular formula is C16H17N5. The molecule has 3 aromatic rings. The number of nitrogens with two attached hydrogens (primary N) is 2. The van der Waals surface area contributed by atoms with Crippen molar-refractivity contribution in [2.24, 2.45) is 11.5 Å². The summed E-state index contributed by atoms with van der Waals surface area (Å²) >= 11 is 0. The van der Waals surface area contributed by atoms with Crippen LogP contribution in [-0.2, 0) is 0 Å². The standard InChI is InChI=1S/C10H11N5.C6H6/c11-9(12)8-5-6-3-1-2-4-7(6)15(8)10(13)14;1-2-4-6-5-3-1/h1-5H,(H3,11,12)(H3,13,14);1-6H. The fourth-order valence-corrected chi connectivity index (χ4v) is 2.00. The number of rotatable bonds is 1. The first kappa shape index (κ1) is 14.3. The lowest BCUT2D eigenvalue weighted by Gasteiger charge is -2.06. The van der Waals surface area contributed by atoms with Gasteiger partial charge in [0.1, 0.15) is 5.84 Å². The molecule has 0 aliphatic carbocycles. The summed E-state index contributed by atoms with van der Waals surface area (Å²) in [5, 5.41) is 15.8. The summed E-state index contributed by atoms with van der Waals surface area (Å²) in [5.74, 6) is -0.234. The molecule has 0 amide bonds. The zero-order valence-electron chi connectivity index (χ0n) is 11.5. The first-order valence-corrected chi connectivity index (χ1v) is 6.40. The molecule has 106 valence electrons. The smallest absolute Gasteiger partial charge is 0.197 e. The molecule has 0 aliphatic heterocycles. The van der Waals surface area contributed by atoms with Crippen LogP contribution in [0, 0.1) is 10.8 Å². The number of hydrogen-bond donors (Lipinski definition) is 4. The molecule has 1 heterocycles. The fourth-order valence-electron chi connectivity index (χ4n) is 2.00. The van der Waals surface area contributed by atoms with Gasteiger partial charge in [0.25, 0.3) is 0 Å². The second-order valence-electron chi connectivity index (χ2n) is 4.38. The molecule has 0 atom stereocenters. The van der Waals surface area contributed by atoms with Crippen LogP contribution in [0.1, 0.15) is 5.69 Å². The number of para-hydroxylation sites is 1. The van der Waals surface area contributed by atoms with Crippen molar-refractivity contribution in [1.29, 1.82) is 10.8 Å². The van der Waals surface area contributed by atoms with Crippen molar-refractivity contribution in [3.63, 3.8) is 0 Å². The molecule has 3 rings (SSSR count). The monoisotopic (exact) mass is 279 g/mol. The molecule has 21 heavy (non-hydrogen) atoms.